The molecule has 0 unspecified atom stereocenters. The molecule has 1 aliphatic rings. The summed E-state index contributed by atoms with van der Waals surface area (Å²) in [6.07, 6.45) is 2.69. The van der Waals surface area contributed by atoms with E-state index in [9.17, 15) is 4.79 Å². The predicted octanol–water partition coefficient (Wildman–Crippen LogP) is 0.259. The van der Waals surface area contributed by atoms with E-state index in [-0.39, 0.29) is 6.61 Å². The molecule has 1 fully saturated rings. The topological polar surface area (TPSA) is 75.0 Å². The molecule has 0 aromatic carbocycles. The highest BCUT2D eigenvalue weighted by Gasteiger charge is 2.18. The first kappa shape index (κ1) is 11.1. The highest BCUT2D eigenvalue weighted by Crippen LogP contribution is 2.08. The van der Waals surface area contributed by atoms with Gasteiger partial charge in [0.25, 0.3) is 0 Å². The zero-order valence-electron chi connectivity index (χ0n) is 9.48. The molecule has 1 aliphatic heterocycles. The number of rotatable bonds is 3. The lowest BCUT2D eigenvalue weighted by Gasteiger charge is -2.09. The minimum absolute atomic E-state index is 0.0963. The van der Waals surface area contributed by atoms with Crippen molar-refractivity contribution in [2.45, 2.75) is 6.29 Å². The Bertz CT molecular complexity index is 562. The highest BCUT2D eigenvalue weighted by molar-refractivity contribution is 5.89. The van der Waals surface area contributed by atoms with Gasteiger partial charge in [-0.3, -0.25) is 4.40 Å². The molecular formula is C11H11N3O4. The van der Waals surface area contributed by atoms with E-state index in [1.807, 2.05) is 0 Å². The van der Waals surface area contributed by atoms with Gasteiger partial charge in [0, 0.05) is 6.20 Å². The number of esters is 1. The normalized spacial score (nSPS) is 16.2. The van der Waals surface area contributed by atoms with Crippen LogP contribution >= 0.6 is 0 Å². The Labute approximate surface area is 102 Å². The van der Waals surface area contributed by atoms with E-state index in [1.54, 1.807) is 22.7 Å². The molecule has 0 atom stereocenters. The monoisotopic (exact) mass is 249 g/mol. The number of carbonyl (C=O) groups excluding carboxylic acids is 1. The van der Waals surface area contributed by atoms with Crippen LogP contribution in [0.15, 0.2) is 24.7 Å². The maximum Gasteiger partial charge on any atom is 0.339 e. The van der Waals surface area contributed by atoms with Crippen LogP contribution in [0, 0.1) is 0 Å². The summed E-state index contributed by atoms with van der Waals surface area (Å²) in [5, 5.41) is 7.58. The molecule has 3 heterocycles. The number of hydrogen-bond acceptors (Lipinski definition) is 6. The lowest BCUT2D eigenvalue weighted by atomic mass is 10.3. The Morgan fingerprint density at radius 2 is 2.28 bits per heavy atom. The molecule has 0 aliphatic carbocycles. The van der Waals surface area contributed by atoms with E-state index in [2.05, 4.69) is 10.2 Å². The van der Waals surface area contributed by atoms with Crippen LogP contribution in [0.25, 0.3) is 5.65 Å². The summed E-state index contributed by atoms with van der Waals surface area (Å²) in [7, 11) is 0. The van der Waals surface area contributed by atoms with Gasteiger partial charge in [0.15, 0.2) is 11.9 Å². The average molecular weight is 249 g/mol. The molecule has 0 bridgehead atoms. The summed E-state index contributed by atoms with van der Waals surface area (Å²) in [5.41, 5.74) is 1.11. The maximum absolute atomic E-state index is 11.8. The Morgan fingerprint density at radius 3 is 3.11 bits per heavy atom. The minimum atomic E-state index is -0.451. The number of aromatic nitrogens is 3. The third-order valence-corrected chi connectivity index (χ3v) is 2.57. The number of carbonyl (C=O) groups is 1. The fourth-order valence-corrected chi connectivity index (χ4v) is 1.68. The number of ether oxygens (including phenoxy) is 3. The molecule has 0 saturated carbocycles. The van der Waals surface area contributed by atoms with Gasteiger partial charge in [0.2, 0.25) is 0 Å². The van der Waals surface area contributed by atoms with Crippen LogP contribution in [0.5, 0.6) is 0 Å². The van der Waals surface area contributed by atoms with Crippen molar-refractivity contribution in [1.29, 1.82) is 0 Å². The van der Waals surface area contributed by atoms with Gasteiger partial charge in [0.05, 0.1) is 18.8 Å². The standard InChI is InChI=1S/C11H11N3O4/c15-11(18-6-10-16-3-4-17-10)8-1-2-9-13-12-7-14(9)5-8/h1-2,5,7,10H,3-4,6H2. The van der Waals surface area contributed by atoms with Crippen molar-refractivity contribution in [1.82, 2.24) is 14.6 Å². The van der Waals surface area contributed by atoms with Gasteiger partial charge >= 0.3 is 5.97 Å². The van der Waals surface area contributed by atoms with Crippen molar-refractivity contribution in [3.05, 3.63) is 30.2 Å². The molecule has 18 heavy (non-hydrogen) atoms. The maximum atomic E-state index is 11.8. The first-order chi connectivity index (χ1) is 8.83. The van der Waals surface area contributed by atoms with Crippen molar-refractivity contribution >= 4 is 11.6 Å². The molecule has 0 spiro atoms. The zero-order chi connectivity index (χ0) is 12.4. The van der Waals surface area contributed by atoms with Gasteiger partial charge in [-0.2, -0.15) is 0 Å². The van der Waals surface area contributed by atoms with Crippen LogP contribution in [0.1, 0.15) is 10.4 Å². The molecule has 0 amide bonds. The molecule has 0 radical (unpaired) electrons. The second-order valence-corrected chi connectivity index (χ2v) is 3.78. The number of pyridine rings is 1. The van der Waals surface area contributed by atoms with Crippen molar-refractivity contribution < 1.29 is 19.0 Å². The largest absolute Gasteiger partial charge is 0.457 e. The Balaban J connectivity index is 1.67. The van der Waals surface area contributed by atoms with Crippen LogP contribution in [0.4, 0.5) is 0 Å². The highest BCUT2D eigenvalue weighted by atomic mass is 16.7. The molecule has 3 rings (SSSR count). The number of hydrogen-bond donors (Lipinski definition) is 0. The summed E-state index contributed by atoms with van der Waals surface area (Å²) < 4.78 is 17.1. The van der Waals surface area contributed by atoms with E-state index in [0.717, 1.165) is 0 Å². The van der Waals surface area contributed by atoms with Crippen molar-refractivity contribution in [3.63, 3.8) is 0 Å². The van der Waals surface area contributed by atoms with E-state index in [4.69, 9.17) is 14.2 Å². The summed E-state index contributed by atoms with van der Waals surface area (Å²) in [6, 6.07) is 3.34. The van der Waals surface area contributed by atoms with E-state index in [1.165, 1.54) is 6.33 Å². The lowest BCUT2D eigenvalue weighted by Crippen LogP contribution is -2.19. The summed E-state index contributed by atoms with van der Waals surface area (Å²) in [6.45, 7) is 1.17. The second-order valence-electron chi connectivity index (χ2n) is 3.78. The Morgan fingerprint density at radius 1 is 1.44 bits per heavy atom. The van der Waals surface area contributed by atoms with Gasteiger partial charge in [-0.25, -0.2) is 4.79 Å². The first-order valence-corrected chi connectivity index (χ1v) is 5.53. The predicted molar refractivity (Wildman–Crippen MR) is 59.0 cm³/mol. The third-order valence-electron chi connectivity index (χ3n) is 2.57. The first-order valence-electron chi connectivity index (χ1n) is 5.53. The SMILES string of the molecule is O=C(OCC1OCCO1)c1ccc2nncn2c1. The molecule has 0 N–H and O–H groups in total. The fourth-order valence-electron chi connectivity index (χ4n) is 1.68. The molecular weight excluding hydrogens is 238 g/mol. The van der Waals surface area contributed by atoms with Crippen LogP contribution in [-0.2, 0) is 14.2 Å². The Hall–Kier alpha value is -1.99. The number of nitrogens with zero attached hydrogens (tertiary/aromatic N) is 3. The molecule has 94 valence electrons. The van der Waals surface area contributed by atoms with Crippen LogP contribution in [-0.4, -0.2) is 46.7 Å². The summed E-state index contributed by atoms with van der Waals surface area (Å²) in [4.78, 5) is 11.8. The van der Waals surface area contributed by atoms with Gasteiger partial charge in [-0.1, -0.05) is 0 Å². The molecule has 7 heteroatoms. The van der Waals surface area contributed by atoms with Crippen molar-refractivity contribution in [2.24, 2.45) is 0 Å². The van der Waals surface area contributed by atoms with Crippen molar-refractivity contribution in [2.75, 3.05) is 19.8 Å². The quantitative estimate of drug-likeness (QED) is 0.726. The van der Waals surface area contributed by atoms with Crippen LogP contribution in [0.2, 0.25) is 0 Å². The van der Waals surface area contributed by atoms with Gasteiger partial charge < -0.3 is 14.2 Å². The third kappa shape index (κ3) is 2.18. The van der Waals surface area contributed by atoms with Crippen molar-refractivity contribution in [3.8, 4) is 0 Å². The van der Waals surface area contributed by atoms with Crippen LogP contribution < -0.4 is 0 Å². The molecule has 2 aromatic heterocycles. The van der Waals surface area contributed by atoms with E-state index in [0.29, 0.717) is 24.4 Å². The summed E-state index contributed by atoms with van der Waals surface area (Å²) in [5.74, 6) is -0.426. The molecule has 7 nitrogen and oxygen atoms in total. The summed E-state index contributed by atoms with van der Waals surface area (Å²) >= 11 is 0. The second kappa shape index (κ2) is 4.71. The van der Waals surface area contributed by atoms with E-state index >= 15 is 0 Å². The van der Waals surface area contributed by atoms with Gasteiger partial charge in [-0.05, 0) is 12.1 Å². The Kier molecular flexibility index (Phi) is 2.91. The fraction of sp³-hybridized carbons (Fsp3) is 0.364. The van der Waals surface area contributed by atoms with Gasteiger partial charge in [-0.15, -0.1) is 10.2 Å². The smallest absolute Gasteiger partial charge is 0.339 e. The molecule has 2 aromatic rings. The number of fused-ring (bicyclic) bond motifs is 1. The lowest BCUT2D eigenvalue weighted by molar-refractivity contribution is -0.0809. The van der Waals surface area contributed by atoms with Gasteiger partial charge in [0.1, 0.15) is 12.9 Å². The molecule has 1 saturated heterocycles. The van der Waals surface area contributed by atoms with Crippen LogP contribution in [0.3, 0.4) is 0 Å². The van der Waals surface area contributed by atoms with E-state index < -0.39 is 12.3 Å². The minimum Gasteiger partial charge on any atom is -0.457 e. The zero-order valence-corrected chi connectivity index (χ0v) is 9.48. The average Bonchev–Trinajstić information content (AvgIpc) is 3.05.